The van der Waals surface area contributed by atoms with Crippen molar-refractivity contribution in [3.8, 4) is 11.3 Å². The largest absolute Gasteiger partial charge is 0.481 e. The Morgan fingerprint density at radius 2 is 1.48 bits per heavy atom. The lowest BCUT2D eigenvalue weighted by Crippen LogP contribution is -2.35. The molecule has 1 aliphatic rings. The van der Waals surface area contributed by atoms with Crippen LogP contribution in [0.5, 0.6) is 0 Å². The Kier molecular flexibility index (Phi) is 10.6. The van der Waals surface area contributed by atoms with Gasteiger partial charge in [-0.05, 0) is 56.4 Å². The summed E-state index contributed by atoms with van der Waals surface area (Å²) < 4.78 is 43.3. The Labute approximate surface area is 241 Å². The minimum atomic E-state index is -1.54. The molecule has 0 unspecified atom stereocenters. The third-order valence-electron chi connectivity index (χ3n) is 6.67. The van der Waals surface area contributed by atoms with Gasteiger partial charge in [-0.1, -0.05) is 18.2 Å². The normalized spacial score (nSPS) is 12.6. The number of hydrogen-bond donors (Lipinski definition) is 2. The van der Waals surface area contributed by atoms with Gasteiger partial charge in [-0.15, -0.1) is 0 Å². The van der Waals surface area contributed by atoms with Crippen LogP contribution >= 0.6 is 0 Å². The van der Waals surface area contributed by atoms with Gasteiger partial charge in [0.2, 0.25) is 0 Å². The highest BCUT2D eigenvalue weighted by molar-refractivity contribution is 5.93. The minimum Gasteiger partial charge on any atom is -0.481 e. The molecule has 2 aromatic carbocycles. The molecule has 9 nitrogen and oxygen atoms in total. The molecular formula is C30H34F3N5O4. The van der Waals surface area contributed by atoms with Crippen molar-refractivity contribution in [3.05, 3.63) is 76.7 Å². The first-order valence-corrected chi connectivity index (χ1v) is 13.3. The number of carbonyl (C=O) groups is 2. The molecule has 1 saturated heterocycles. The lowest BCUT2D eigenvalue weighted by atomic mass is 10.1. The Hall–Kier alpha value is -4.45. The average molecular weight is 586 g/mol. The molecule has 1 fully saturated rings. The molecule has 5 rings (SSSR count). The molecule has 0 radical (unpaired) electrons. The van der Waals surface area contributed by atoms with Gasteiger partial charge in [0.1, 0.15) is 5.82 Å². The fourth-order valence-electron chi connectivity index (χ4n) is 4.86. The number of aryl methyl sites for hydroxylation is 2. The number of aliphatic hydroxyl groups excluding tert-OH is 1. The van der Waals surface area contributed by atoms with E-state index in [0.29, 0.717) is 24.6 Å². The van der Waals surface area contributed by atoms with Gasteiger partial charge < -0.3 is 20.0 Å². The van der Waals surface area contributed by atoms with E-state index in [9.17, 15) is 18.0 Å². The maximum Gasteiger partial charge on any atom is 0.300 e. The molecular weight excluding hydrogens is 551 g/mol. The van der Waals surface area contributed by atoms with Gasteiger partial charge in [-0.25, -0.2) is 18.2 Å². The maximum atomic E-state index is 14.1. The summed E-state index contributed by atoms with van der Waals surface area (Å²) in [6.07, 6.45) is 2.99. The number of para-hydroxylation sites is 1. The van der Waals surface area contributed by atoms with Crippen molar-refractivity contribution < 1.29 is 33.0 Å². The van der Waals surface area contributed by atoms with Crippen molar-refractivity contribution >= 4 is 29.0 Å². The lowest BCUT2D eigenvalue weighted by molar-refractivity contribution is -0.134. The van der Waals surface area contributed by atoms with Crippen LogP contribution in [0.15, 0.2) is 42.5 Å². The number of rotatable bonds is 4. The number of aromatic nitrogens is 3. The zero-order valence-electron chi connectivity index (χ0n) is 24.2. The van der Waals surface area contributed by atoms with Crippen LogP contribution in [0, 0.1) is 31.3 Å². The fraction of sp³-hybridized carbons (Fsp3) is 0.333. The van der Waals surface area contributed by atoms with Gasteiger partial charge in [-0.2, -0.15) is 9.61 Å². The fourth-order valence-corrected chi connectivity index (χ4v) is 4.86. The van der Waals surface area contributed by atoms with Crippen LogP contribution in [0.25, 0.3) is 16.9 Å². The highest BCUT2D eigenvalue weighted by atomic mass is 19.2. The quantitative estimate of drug-likeness (QED) is 0.303. The van der Waals surface area contributed by atoms with Crippen molar-refractivity contribution in [2.45, 2.75) is 40.0 Å². The van der Waals surface area contributed by atoms with Crippen LogP contribution in [-0.4, -0.2) is 68.8 Å². The van der Waals surface area contributed by atoms with E-state index in [0.717, 1.165) is 62.2 Å². The summed E-state index contributed by atoms with van der Waals surface area (Å²) in [4.78, 5) is 30.4. The molecule has 2 N–H and O–H groups in total. The number of piperidine rings is 1. The Balaban J connectivity index is 0.000000745. The molecule has 1 amide bonds. The molecule has 1 aliphatic heterocycles. The second kappa shape index (κ2) is 13.9. The van der Waals surface area contributed by atoms with Crippen LogP contribution in [0.4, 0.5) is 24.7 Å². The third-order valence-corrected chi connectivity index (χ3v) is 6.67. The molecule has 42 heavy (non-hydrogen) atoms. The van der Waals surface area contributed by atoms with Gasteiger partial charge in [0, 0.05) is 57.6 Å². The molecule has 2 aromatic heterocycles. The number of likely N-dealkylation sites (tertiary alicyclic amines) is 1. The number of amides is 1. The SMILES string of the molecule is CC(=O)O.CO.Cc1cccc(C)c1N(C)c1cc(-c2cc(F)c(F)c(F)c2)nc2cc(C(=O)N3CCCCC3)nn12. The van der Waals surface area contributed by atoms with Crippen molar-refractivity contribution in [1.82, 2.24) is 19.5 Å². The molecule has 4 aromatic rings. The zero-order chi connectivity index (χ0) is 31.1. The van der Waals surface area contributed by atoms with Gasteiger partial charge in [0.05, 0.1) is 5.69 Å². The molecule has 0 aliphatic carbocycles. The van der Waals surface area contributed by atoms with Crippen LogP contribution in [-0.2, 0) is 4.79 Å². The minimum absolute atomic E-state index is 0.0789. The molecule has 0 atom stereocenters. The van der Waals surface area contributed by atoms with Crippen molar-refractivity contribution in [2.75, 3.05) is 32.1 Å². The summed E-state index contributed by atoms with van der Waals surface area (Å²) in [5, 5.41) is 19.0. The van der Waals surface area contributed by atoms with E-state index in [1.54, 1.807) is 21.5 Å². The predicted octanol–water partition coefficient (Wildman–Crippen LogP) is 5.52. The van der Waals surface area contributed by atoms with Crippen molar-refractivity contribution in [3.63, 3.8) is 0 Å². The van der Waals surface area contributed by atoms with E-state index < -0.39 is 23.4 Å². The smallest absolute Gasteiger partial charge is 0.300 e. The molecule has 224 valence electrons. The van der Waals surface area contributed by atoms with E-state index in [4.69, 9.17) is 15.0 Å². The number of carbonyl (C=O) groups excluding carboxylic acids is 1. The molecule has 0 spiro atoms. The number of carboxylic acids is 1. The highest BCUT2D eigenvalue weighted by Crippen LogP contribution is 2.33. The van der Waals surface area contributed by atoms with Crippen LogP contribution < -0.4 is 4.90 Å². The van der Waals surface area contributed by atoms with Gasteiger partial charge in [0.15, 0.2) is 28.8 Å². The average Bonchev–Trinajstić information content (AvgIpc) is 3.40. The summed E-state index contributed by atoms with van der Waals surface area (Å²) in [5.41, 5.74) is 3.84. The number of carboxylic acid groups (broad SMARTS) is 1. The van der Waals surface area contributed by atoms with E-state index in [1.165, 1.54) is 0 Å². The topological polar surface area (TPSA) is 111 Å². The second-order valence-corrected chi connectivity index (χ2v) is 9.72. The number of halogens is 3. The van der Waals surface area contributed by atoms with Crippen LogP contribution in [0.2, 0.25) is 0 Å². The van der Waals surface area contributed by atoms with Crippen molar-refractivity contribution in [2.24, 2.45) is 0 Å². The van der Waals surface area contributed by atoms with Crippen molar-refractivity contribution in [1.29, 1.82) is 0 Å². The van der Waals surface area contributed by atoms with Crippen LogP contribution in [0.1, 0.15) is 47.8 Å². The Morgan fingerprint density at radius 3 is 2.02 bits per heavy atom. The number of hydrogen-bond acceptors (Lipinski definition) is 6. The van der Waals surface area contributed by atoms with E-state index in [1.807, 2.05) is 44.0 Å². The predicted molar refractivity (Wildman–Crippen MR) is 153 cm³/mol. The summed E-state index contributed by atoms with van der Waals surface area (Å²) in [7, 11) is 2.85. The number of benzene rings is 2. The Bertz CT molecular complexity index is 1540. The molecule has 0 saturated carbocycles. The van der Waals surface area contributed by atoms with E-state index in [2.05, 4.69) is 10.1 Å². The summed E-state index contributed by atoms with van der Waals surface area (Å²) in [6, 6.07) is 11.0. The number of aliphatic hydroxyl groups is 1. The number of anilines is 2. The van der Waals surface area contributed by atoms with E-state index in [-0.39, 0.29) is 22.9 Å². The first-order chi connectivity index (χ1) is 20.0. The van der Waals surface area contributed by atoms with Crippen LogP contribution in [0.3, 0.4) is 0 Å². The summed E-state index contributed by atoms with van der Waals surface area (Å²) in [5.74, 6) is -4.61. The first kappa shape index (κ1) is 32.1. The van der Waals surface area contributed by atoms with E-state index >= 15 is 0 Å². The van der Waals surface area contributed by atoms with Gasteiger partial charge >= 0.3 is 0 Å². The summed E-state index contributed by atoms with van der Waals surface area (Å²) >= 11 is 0. The standard InChI is InChI=1S/C27H26F3N5O.C2H4O2.CH4O/c1-16-8-7-9-17(2)26(16)33(3)24-15-21(18-12-19(28)25(30)20(29)13-18)31-23-14-22(32-35(23)24)27(36)34-10-5-4-6-11-34;1-2(3)4;1-2/h7-9,12-15H,4-6,10-11H2,1-3H3;1H3,(H,3,4);2H,1H3. The lowest BCUT2D eigenvalue weighted by Gasteiger charge is -2.26. The first-order valence-electron chi connectivity index (χ1n) is 13.3. The van der Waals surface area contributed by atoms with Gasteiger partial charge in [-0.3, -0.25) is 9.59 Å². The third kappa shape index (κ3) is 7.06. The monoisotopic (exact) mass is 585 g/mol. The highest BCUT2D eigenvalue weighted by Gasteiger charge is 2.24. The molecule has 12 heteroatoms. The molecule has 3 heterocycles. The van der Waals surface area contributed by atoms with Gasteiger partial charge in [0.25, 0.3) is 11.9 Å². The maximum absolute atomic E-state index is 14.1. The number of aliphatic carboxylic acids is 1. The molecule has 0 bridgehead atoms. The zero-order valence-corrected chi connectivity index (χ0v) is 24.2. The number of nitrogens with zero attached hydrogens (tertiary/aromatic N) is 5. The summed E-state index contributed by atoms with van der Waals surface area (Å²) in [6.45, 7) is 6.40. The second-order valence-electron chi connectivity index (χ2n) is 9.72. The Morgan fingerprint density at radius 1 is 0.929 bits per heavy atom. The number of fused-ring (bicyclic) bond motifs is 1.